The van der Waals surface area contributed by atoms with E-state index >= 15 is 0 Å². The summed E-state index contributed by atoms with van der Waals surface area (Å²) in [6.45, 7) is 0. The van der Waals surface area contributed by atoms with Crippen molar-refractivity contribution in [3.05, 3.63) is 146 Å². The first-order valence-electron chi connectivity index (χ1n) is 15.1. The van der Waals surface area contributed by atoms with E-state index in [1.54, 1.807) is 11.3 Å². The van der Waals surface area contributed by atoms with Crippen molar-refractivity contribution in [1.82, 2.24) is 9.55 Å². The molecule has 0 fully saturated rings. The van der Waals surface area contributed by atoms with E-state index in [0.29, 0.717) is 0 Å². The molecule has 0 radical (unpaired) electrons. The zero-order valence-corrected chi connectivity index (χ0v) is 25.7. The Kier molecular flexibility index (Phi) is 5.35. The van der Waals surface area contributed by atoms with Gasteiger partial charge >= 0.3 is 0 Å². The third-order valence-corrected chi connectivity index (χ3v) is 11.3. The topological polar surface area (TPSA) is 17.8 Å². The number of hydrogen-bond donors (Lipinski definition) is 0. The Hall–Kier alpha value is -5.29. The molecule has 0 aliphatic rings. The average Bonchev–Trinajstić information content (AvgIpc) is 3.80. The second kappa shape index (κ2) is 9.60. The molecule has 3 heterocycles. The molecule has 0 spiro atoms. The maximum Gasteiger partial charge on any atom is 0.124 e. The van der Waals surface area contributed by atoms with Gasteiger partial charge in [-0.3, -0.25) is 0 Å². The molecule has 0 atom stereocenters. The molecule has 2 nitrogen and oxygen atoms in total. The molecule has 210 valence electrons. The number of thiazole rings is 1. The van der Waals surface area contributed by atoms with E-state index in [-0.39, 0.29) is 0 Å². The predicted molar refractivity (Wildman–Crippen MR) is 195 cm³/mol. The summed E-state index contributed by atoms with van der Waals surface area (Å²) in [5.74, 6) is 0. The number of rotatable bonds is 3. The first kappa shape index (κ1) is 25.1. The van der Waals surface area contributed by atoms with E-state index in [1.807, 2.05) is 11.3 Å². The van der Waals surface area contributed by atoms with Crippen LogP contribution in [0.1, 0.15) is 0 Å². The van der Waals surface area contributed by atoms with Crippen molar-refractivity contribution in [3.63, 3.8) is 0 Å². The number of para-hydroxylation sites is 1. The van der Waals surface area contributed by atoms with Crippen LogP contribution in [0.25, 0.3) is 90.4 Å². The molecule has 10 rings (SSSR count). The molecule has 4 heteroatoms. The fraction of sp³-hybridized carbons (Fsp3) is 0. The molecular weight excluding hydrogens is 585 g/mol. The van der Waals surface area contributed by atoms with E-state index in [9.17, 15) is 0 Å². The van der Waals surface area contributed by atoms with Gasteiger partial charge in [-0.05, 0) is 64.4 Å². The molecule has 0 saturated heterocycles. The van der Waals surface area contributed by atoms with Gasteiger partial charge < -0.3 is 4.57 Å². The third kappa shape index (κ3) is 3.77. The van der Waals surface area contributed by atoms with Gasteiger partial charge in [-0.2, -0.15) is 0 Å². The van der Waals surface area contributed by atoms with Crippen LogP contribution in [0.5, 0.6) is 0 Å². The first-order chi connectivity index (χ1) is 22.3. The Bertz CT molecular complexity index is 2750. The molecule has 45 heavy (non-hydrogen) atoms. The Morgan fingerprint density at radius 2 is 1.22 bits per heavy atom. The van der Waals surface area contributed by atoms with Gasteiger partial charge in [0.25, 0.3) is 0 Å². The normalized spacial score (nSPS) is 12.0. The van der Waals surface area contributed by atoms with Crippen LogP contribution in [-0.2, 0) is 0 Å². The van der Waals surface area contributed by atoms with Gasteiger partial charge in [-0.1, -0.05) is 103 Å². The summed E-state index contributed by atoms with van der Waals surface area (Å²) in [4.78, 5) is 5.08. The molecular formula is C41H24N2S2. The highest BCUT2D eigenvalue weighted by atomic mass is 32.1. The van der Waals surface area contributed by atoms with Crippen molar-refractivity contribution in [1.29, 1.82) is 0 Å². The van der Waals surface area contributed by atoms with Gasteiger partial charge in [-0.25, -0.2) is 4.98 Å². The van der Waals surface area contributed by atoms with Crippen LogP contribution in [0.15, 0.2) is 146 Å². The fourth-order valence-electron chi connectivity index (χ4n) is 6.95. The summed E-state index contributed by atoms with van der Waals surface area (Å²) in [6, 6.07) is 52.8. The lowest BCUT2D eigenvalue weighted by Crippen LogP contribution is -1.93. The Morgan fingerprint density at radius 3 is 2.11 bits per heavy atom. The molecule has 0 saturated carbocycles. The molecule has 3 aromatic heterocycles. The molecule has 0 aliphatic heterocycles. The lowest BCUT2D eigenvalue weighted by molar-refractivity contribution is 1.18. The van der Waals surface area contributed by atoms with Crippen LogP contribution in [0.3, 0.4) is 0 Å². The van der Waals surface area contributed by atoms with Crippen LogP contribution in [0.4, 0.5) is 0 Å². The minimum absolute atomic E-state index is 1.06. The monoisotopic (exact) mass is 608 g/mol. The van der Waals surface area contributed by atoms with E-state index in [0.717, 1.165) is 16.1 Å². The first-order valence-corrected chi connectivity index (χ1v) is 16.8. The molecule has 0 N–H and O–H groups in total. The number of aromatic nitrogens is 2. The zero-order valence-electron chi connectivity index (χ0n) is 24.1. The van der Waals surface area contributed by atoms with Crippen LogP contribution >= 0.6 is 22.7 Å². The summed E-state index contributed by atoms with van der Waals surface area (Å²) >= 11 is 3.66. The van der Waals surface area contributed by atoms with Crippen molar-refractivity contribution in [2.75, 3.05) is 0 Å². The van der Waals surface area contributed by atoms with Gasteiger partial charge in [0.2, 0.25) is 0 Å². The molecule has 0 bridgehead atoms. The van der Waals surface area contributed by atoms with Gasteiger partial charge in [0.15, 0.2) is 0 Å². The number of fused-ring (bicyclic) bond motifs is 10. The SMILES string of the molecule is c1ccc(-n2c3cc(-c4ccc(-c5nc6ccc7sc8ccccc8c7c6s5)cc4)ccc3c3c4ccccc4ccc32)cc1. The third-order valence-electron chi connectivity index (χ3n) is 9.03. The molecule has 0 unspecified atom stereocenters. The van der Waals surface area contributed by atoms with E-state index in [2.05, 4.69) is 150 Å². The largest absolute Gasteiger partial charge is 0.309 e. The van der Waals surface area contributed by atoms with Crippen molar-refractivity contribution < 1.29 is 0 Å². The molecule has 0 aliphatic carbocycles. The predicted octanol–water partition coefficient (Wildman–Crippen LogP) is 12.2. The lowest BCUT2D eigenvalue weighted by atomic mass is 10.0. The smallest absolute Gasteiger partial charge is 0.124 e. The minimum atomic E-state index is 1.06. The van der Waals surface area contributed by atoms with Gasteiger partial charge in [0.05, 0.1) is 21.3 Å². The zero-order chi connectivity index (χ0) is 29.5. The summed E-state index contributed by atoms with van der Waals surface area (Å²) in [6.07, 6.45) is 0. The van der Waals surface area contributed by atoms with Gasteiger partial charge in [-0.15, -0.1) is 22.7 Å². The second-order valence-corrected chi connectivity index (χ2v) is 13.6. The summed E-state index contributed by atoms with van der Waals surface area (Å²) in [5, 5.41) is 8.85. The van der Waals surface area contributed by atoms with Gasteiger partial charge in [0.1, 0.15) is 5.01 Å². The maximum atomic E-state index is 5.08. The van der Waals surface area contributed by atoms with Gasteiger partial charge in [0, 0.05) is 42.2 Å². The fourth-order valence-corrected chi connectivity index (χ4v) is 9.26. The highest BCUT2D eigenvalue weighted by Crippen LogP contribution is 2.43. The van der Waals surface area contributed by atoms with Crippen molar-refractivity contribution in [3.8, 4) is 27.4 Å². The second-order valence-electron chi connectivity index (χ2n) is 11.6. The van der Waals surface area contributed by atoms with Crippen LogP contribution in [0, 0.1) is 0 Å². The molecule has 10 aromatic rings. The number of thiophene rings is 1. The minimum Gasteiger partial charge on any atom is -0.309 e. The Balaban J connectivity index is 1.11. The quantitative estimate of drug-likeness (QED) is 0.195. The summed E-state index contributed by atoms with van der Waals surface area (Å²) in [5.41, 5.74) is 8.24. The standard InChI is InChI=1S/C41H24N2S2/c1-2-9-29(10-3-1)43-34-22-19-26-8-4-5-11-30(26)38(34)31-20-18-28(24-35(31)43)25-14-16-27(17-15-25)41-42-33-21-23-37-39(40(33)45-41)32-12-6-7-13-36(32)44-37/h1-24H. The van der Waals surface area contributed by atoms with Crippen LogP contribution in [0.2, 0.25) is 0 Å². The number of hydrogen-bond acceptors (Lipinski definition) is 3. The van der Waals surface area contributed by atoms with Crippen molar-refractivity contribution >= 4 is 85.6 Å². The maximum absolute atomic E-state index is 5.08. The molecule has 7 aromatic carbocycles. The number of nitrogens with zero attached hydrogens (tertiary/aromatic N) is 2. The van der Waals surface area contributed by atoms with Crippen molar-refractivity contribution in [2.45, 2.75) is 0 Å². The Labute approximate surface area is 267 Å². The average molecular weight is 609 g/mol. The van der Waals surface area contributed by atoms with Crippen molar-refractivity contribution in [2.24, 2.45) is 0 Å². The van der Waals surface area contributed by atoms with E-state index < -0.39 is 0 Å². The highest BCUT2D eigenvalue weighted by Gasteiger charge is 2.17. The molecule has 0 amide bonds. The highest BCUT2D eigenvalue weighted by molar-refractivity contribution is 7.28. The van der Waals surface area contributed by atoms with E-state index in [1.165, 1.54) is 74.3 Å². The summed E-state index contributed by atoms with van der Waals surface area (Å²) in [7, 11) is 0. The van der Waals surface area contributed by atoms with Crippen LogP contribution in [-0.4, -0.2) is 9.55 Å². The summed E-state index contributed by atoms with van der Waals surface area (Å²) < 4.78 is 6.34. The Morgan fingerprint density at radius 1 is 0.467 bits per heavy atom. The van der Waals surface area contributed by atoms with Crippen LogP contribution < -0.4 is 0 Å². The number of benzene rings is 7. The lowest BCUT2D eigenvalue weighted by Gasteiger charge is -2.09. The van der Waals surface area contributed by atoms with E-state index in [4.69, 9.17) is 4.98 Å².